The fourth-order valence-corrected chi connectivity index (χ4v) is 1.73. The fraction of sp³-hybridized carbons (Fsp3) is 0.786. The van der Waals surface area contributed by atoms with Crippen LogP contribution in [0.2, 0.25) is 0 Å². The van der Waals surface area contributed by atoms with Gasteiger partial charge in [-0.2, -0.15) is 0 Å². The standard InChI is InChI=1S/C14H26O3/c1-3-5-6-7-8-9-13(16)14(17)11-10-12(15)4-2/h4,13-14,16-17H,2-3,5-11H2,1H3/t13-,14-/m1/s1. The maximum Gasteiger partial charge on any atom is 0.155 e. The Hall–Kier alpha value is -0.670. The lowest BCUT2D eigenvalue weighted by molar-refractivity contribution is -0.115. The topological polar surface area (TPSA) is 57.5 Å². The normalized spacial score (nSPS) is 14.3. The number of carbonyl (C=O) groups excluding carboxylic acids is 1. The van der Waals surface area contributed by atoms with Crippen LogP contribution in [-0.2, 0) is 4.79 Å². The molecule has 0 unspecified atom stereocenters. The summed E-state index contributed by atoms with van der Waals surface area (Å²) in [6.45, 7) is 5.53. The average molecular weight is 242 g/mol. The minimum absolute atomic E-state index is 0.0841. The Bertz CT molecular complexity index is 214. The Balaban J connectivity index is 3.56. The molecule has 3 heteroatoms. The highest BCUT2D eigenvalue weighted by atomic mass is 16.3. The molecule has 0 heterocycles. The van der Waals surface area contributed by atoms with Gasteiger partial charge in [0.2, 0.25) is 0 Å². The minimum Gasteiger partial charge on any atom is -0.390 e. The van der Waals surface area contributed by atoms with Crippen LogP contribution in [0.25, 0.3) is 0 Å². The van der Waals surface area contributed by atoms with Gasteiger partial charge in [0.25, 0.3) is 0 Å². The van der Waals surface area contributed by atoms with Gasteiger partial charge in [-0.15, -0.1) is 0 Å². The van der Waals surface area contributed by atoms with Crippen molar-refractivity contribution in [3.8, 4) is 0 Å². The summed E-state index contributed by atoms with van der Waals surface area (Å²) in [5.74, 6) is -0.0841. The quantitative estimate of drug-likeness (QED) is 0.432. The van der Waals surface area contributed by atoms with Crippen molar-refractivity contribution < 1.29 is 15.0 Å². The lowest BCUT2D eigenvalue weighted by Crippen LogP contribution is -2.26. The summed E-state index contributed by atoms with van der Waals surface area (Å²) in [6, 6.07) is 0. The molecule has 0 spiro atoms. The van der Waals surface area contributed by atoms with Crippen molar-refractivity contribution in [1.82, 2.24) is 0 Å². The van der Waals surface area contributed by atoms with E-state index in [9.17, 15) is 15.0 Å². The van der Waals surface area contributed by atoms with Crippen molar-refractivity contribution in [2.24, 2.45) is 0 Å². The Morgan fingerprint density at radius 3 is 2.29 bits per heavy atom. The number of carbonyl (C=O) groups is 1. The molecule has 0 aromatic heterocycles. The molecule has 0 saturated carbocycles. The zero-order chi connectivity index (χ0) is 13.1. The highest BCUT2D eigenvalue weighted by molar-refractivity contribution is 5.88. The molecule has 0 rings (SSSR count). The van der Waals surface area contributed by atoms with E-state index in [0.717, 1.165) is 12.8 Å². The molecule has 0 fully saturated rings. The molecule has 0 amide bonds. The molecule has 17 heavy (non-hydrogen) atoms. The van der Waals surface area contributed by atoms with E-state index in [1.807, 2.05) is 0 Å². The summed E-state index contributed by atoms with van der Waals surface area (Å²) < 4.78 is 0. The van der Waals surface area contributed by atoms with Gasteiger partial charge in [0.05, 0.1) is 12.2 Å². The van der Waals surface area contributed by atoms with Crippen molar-refractivity contribution in [3.63, 3.8) is 0 Å². The summed E-state index contributed by atoms with van der Waals surface area (Å²) in [5.41, 5.74) is 0. The Kier molecular flexibility index (Phi) is 10.1. The van der Waals surface area contributed by atoms with E-state index in [4.69, 9.17) is 0 Å². The van der Waals surface area contributed by atoms with Crippen LogP contribution in [0.4, 0.5) is 0 Å². The first-order valence-corrected chi connectivity index (χ1v) is 6.63. The average Bonchev–Trinajstić information content (AvgIpc) is 2.34. The van der Waals surface area contributed by atoms with E-state index in [0.29, 0.717) is 12.8 Å². The number of aliphatic hydroxyl groups is 2. The number of hydrogen-bond acceptors (Lipinski definition) is 3. The van der Waals surface area contributed by atoms with Gasteiger partial charge in [-0.1, -0.05) is 45.6 Å². The van der Waals surface area contributed by atoms with Crippen LogP contribution in [0, 0.1) is 0 Å². The summed E-state index contributed by atoms with van der Waals surface area (Å²) in [4.78, 5) is 11.0. The van der Waals surface area contributed by atoms with Gasteiger partial charge < -0.3 is 10.2 Å². The predicted octanol–water partition coefficient (Wildman–Crippen LogP) is 2.60. The van der Waals surface area contributed by atoms with E-state index in [2.05, 4.69) is 13.5 Å². The molecule has 0 radical (unpaired) electrons. The van der Waals surface area contributed by atoms with Gasteiger partial charge in [0.15, 0.2) is 5.78 Å². The second kappa shape index (κ2) is 10.5. The molecule has 2 N–H and O–H groups in total. The zero-order valence-corrected chi connectivity index (χ0v) is 10.9. The second-order valence-electron chi connectivity index (χ2n) is 4.55. The molecule has 0 saturated heterocycles. The largest absolute Gasteiger partial charge is 0.390 e. The van der Waals surface area contributed by atoms with Crippen LogP contribution in [-0.4, -0.2) is 28.2 Å². The van der Waals surface area contributed by atoms with Crippen LogP contribution in [0.1, 0.15) is 58.3 Å². The minimum atomic E-state index is -0.787. The van der Waals surface area contributed by atoms with Crippen LogP contribution in [0.3, 0.4) is 0 Å². The maximum atomic E-state index is 11.0. The third-order valence-corrected chi connectivity index (χ3v) is 2.96. The van der Waals surface area contributed by atoms with Crippen LogP contribution in [0.15, 0.2) is 12.7 Å². The highest BCUT2D eigenvalue weighted by Gasteiger charge is 2.16. The van der Waals surface area contributed by atoms with Gasteiger partial charge in [-0.05, 0) is 18.9 Å². The predicted molar refractivity (Wildman–Crippen MR) is 69.8 cm³/mol. The third-order valence-electron chi connectivity index (χ3n) is 2.96. The number of rotatable bonds is 11. The Morgan fingerprint density at radius 2 is 1.71 bits per heavy atom. The molecule has 3 nitrogen and oxygen atoms in total. The molecule has 0 bridgehead atoms. The molecule has 0 aromatic rings. The lowest BCUT2D eigenvalue weighted by atomic mass is 10.0. The van der Waals surface area contributed by atoms with Gasteiger partial charge in [0.1, 0.15) is 0 Å². The smallest absolute Gasteiger partial charge is 0.155 e. The number of unbranched alkanes of at least 4 members (excludes halogenated alkanes) is 4. The van der Waals surface area contributed by atoms with E-state index in [1.165, 1.54) is 25.3 Å². The lowest BCUT2D eigenvalue weighted by Gasteiger charge is -2.17. The number of ketones is 1. The molecular weight excluding hydrogens is 216 g/mol. The summed E-state index contributed by atoms with van der Waals surface area (Å²) in [5, 5.41) is 19.3. The van der Waals surface area contributed by atoms with Crippen LogP contribution in [0.5, 0.6) is 0 Å². The highest BCUT2D eigenvalue weighted by Crippen LogP contribution is 2.12. The monoisotopic (exact) mass is 242 g/mol. The van der Waals surface area contributed by atoms with Crippen LogP contribution >= 0.6 is 0 Å². The number of hydrogen-bond donors (Lipinski definition) is 2. The van der Waals surface area contributed by atoms with Crippen molar-refractivity contribution in [2.75, 3.05) is 0 Å². The van der Waals surface area contributed by atoms with Crippen molar-refractivity contribution in [2.45, 2.75) is 70.5 Å². The fourth-order valence-electron chi connectivity index (χ4n) is 1.73. The molecule has 0 aromatic carbocycles. The zero-order valence-electron chi connectivity index (χ0n) is 10.9. The summed E-state index contributed by atoms with van der Waals surface area (Å²) >= 11 is 0. The van der Waals surface area contributed by atoms with E-state index in [-0.39, 0.29) is 12.2 Å². The SMILES string of the molecule is C=CC(=O)CC[C@@H](O)[C@H](O)CCCCCCC. The molecular formula is C14H26O3. The first kappa shape index (κ1) is 16.3. The van der Waals surface area contributed by atoms with Crippen LogP contribution < -0.4 is 0 Å². The van der Waals surface area contributed by atoms with Gasteiger partial charge in [-0.3, -0.25) is 4.79 Å². The second-order valence-corrected chi connectivity index (χ2v) is 4.55. The van der Waals surface area contributed by atoms with Crippen molar-refractivity contribution >= 4 is 5.78 Å². The molecule has 0 aliphatic rings. The summed E-state index contributed by atoms with van der Waals surface area (Å²) in [6.07, 6.45) is 6.63. The van der Waals surface area contributed by atoms with Gasteiger partial charge in [0, 0.05) is 6.42 Å². The first-order chi connectivity index (χ1) is 8.11. The van der Waals surface area contributed by atoms with E-state index in [1.54, 1.807) is 0 Å². The molecule has 2 atom stereocenters. The maximum absolute atomic E-state index is 11.0. The van der Waals surface area contributed by atoms with Crippen molar-refractivity contribution in [3.05, 3.63) is 12.7 Å². The van der Waals surface area contributed by atoms with Gasteiger partial charge >= 0.3 is 0 Å². The van der Waals surface area contributed by atoms with Crippen molar-refractivity contribution in [1.29, 1.82) is 0 Å². The number of allylic oxidation sites excluding steroid dienone is 1. The summed E-state index contributed by atoms with van der Waals surface area (Å²) in [7, 11) is 0. The Morgan fingerprint density at radius 1 is 1.12 bits per heavy atom. The number of aliphatic hydroxyl groups excluding tert-OH is 2. The van der Waals surface area contributed by atoms with E-state index >= 15 is 0 Å². The van der Waals surface area contributed by atoms with E-state index < -0.39 is 12.2 Å². The first-order valence-electron chi connectivity index (χ1n) is 6.63. The van der Waals surface area contributed by atoms with Gasteiger partial charge in [-0.25, -0.2) is 0 Å². The Labute approximate surface area is 105 Å². The molecule has 0 aliphatic heterocycles. The third kappa shape index (κ3) is 9.07. The molecule has 0 aliphatic carbocycles. The molecule has 100 valence electrons.